The SMILES string of the molecule is O=C([O-])CN1CCN(CC(=O)O)CCN(CC(=O)[O-])CCN([C@H](CCC(=O)N[C@H](Cc2ccc(O)c(I)c2)C(=O)N[C@H](Cc2ccccc2)C(=O)N[C@H](CCCCNC(=O)CCCCCCC(=O)NCCCC[C@H](NC(=O)N[C@@H](CCC(=O)O)C(=O)O)C(=O)O)C(=O)O)C(=O)O)CC1.[64Cu+2]. The van der Waals surface area contributed by atoms with Gasteiger partial charge in [0.2, 0.25) is 29.5 Å². The number of hydrogen-bond acceptors (Lipinski definition) is 21. The number of carboxylic acid groups (broad SMARTS) is 8. The molecule has 0 aliphatic carbocycles. The van der Waals surface area contributed by atoms with Crippen molar-refractivity contribution in [2.24, 2.45) is 0 Å². The number of phenols is 1. The zero-order chi connectivity index (χ0) is 72.7. The number of hydrogen-bond donors (Lipinski definition) is 14. The van der Waals surface area contributed by atoms with Gasteiger partial charge in [-0.2, -0.15) is 0 Å². The number of carbonyl (C=O) groups excluding carboxylic acids is 8. The second kappa shape index (κ2) is 47.7. The Kier molecular flexibility index (Phi) is 41.8. The molecule has 1 heterocycles. The summed E-state index contributed by atoms with van der Waals surface area (Å²) >= 11 is 1.86. The minimum Gasteiger partial charge on any atom is -0.549 e. The van der Waals surface area contributed by atoms with Crippen LogP contribution in [0, 0.1) is 3.57 Å². The molecule has 0 bridgehead atoms. The molecule has 1 radical (unpaired) electrons. The number of amides is 7. The minimum atomic E-state index is -1.54. The fraction of sp³-hybridized carbons (Fsp3) is 0.587. The summed E-state index contributed by atoms with van der Waals surface area (Å²) in [6, 6.07) is 3.11. The minimum absolute atomic E-state index is 0. The molecule has 553 valence electrons. The van der Waals surface area contributed by atoms with E-state index >= 15 is 0 Å². The summed E-state index contributed by atoms with van der Waals surface area (Å²) in [6.45, 7) is -1.34. The summed E-state index contributed by atoms with van der Waals surface area (Å²) in [5.41, 5.74) is 1.01. The third kappa shape index (κ3) is 37.5. The smallest absolute Gasteiger partial charge is 0.549 e. The maximum atomic E-state index is 14.5. The maximum absolute atomic E-state index is 14.5. The van der Waals surface area contributed by atoms with Gasteiger partial charge in [-0.1, -0.05) is 49.2 Å². The van der Waals surface area contributed by atoms with Crippen molar-refractivity contribution in [1.82, 2.24) is 56.8 Å². The molecule has 3 rings (SSSR count). The second-order valence-electron chi connectivity index (χ2n) is 23.6. The first-order chi connectivity index (χ1) is 46.5. The summed E-state index contributed by atoms with van der Waals surface area (Å²) in [7, 11) is 0. The number of phenolic OH excluding ortho intramolecular Hbond substituents is 1. The van der Waals surface area contributed by atoms with Gasteiger partial charge in [0.15, 0.2) is 0 Å². The summed E-state index contributed by atoms with van der Waals surface area (Å²) in [4.78, 5) is 180. The normalized spacial score (nSPS) is 15.2. The largest absolute Gasteiger partial charge is 2.00 e. The van der Waals surface area contributed by atoms with Gasteiger partial charge in [0.25, 0.3) is 0 Å². The quantitative estimate of drug-likeness (QED) is 0.0183. The van der Waals surface area contributed by atoms with Gasteiger partial charge in [-0.25, -0.2) is 19.2 Å². The van der Waals surface area contributed by atoms with Crippen molar-refractivity contribution in [2.75, 3.05) is 85.1 Å². The summed E-state index contributed by atoms with van der Waals surface area (Å²) < 4.78 is 0.394. The third-order valence-electron chi connectivity index (χ3n) is 15.8. The summed E-state index contributed by atoms with van der Waals surface area (Å²) in [6.07, 6.45) is 1.64. The van der Waals surface area contributed by atoms with E-state index in [4.69, 9.17) is 5.11 Å². The van der Waals surface area contributed by atoms with Crippen LogP contribution in [-0.4, -0.2) is 260 Å². The van der Waals surface area contributed by atoms with E-state index in [1.165, 1.54) is 31.7 Å². The standard InChI is InChI=1S/C63H92IN11O23.Cu/c64-42-34-41(18-21-49(42)76)36-46(67-52(79)22-20-48(62(96)97)75-32-30-73(38-55(84)85)28-26-72(37-54(82)83)27-29-74(31-33-75)39-56(86)87)57(88)69-47(35-40-12-4-3-5-13-40)58(89)68-43(59(90)91)14-8-10-24-65-50(77)16-6-1-2-7-17-51(78)66-25-11-9-15-44(60(92)93)70-63(98)71-45(61(94)95)19-23-53(80)81;/h3-5,12-13,18,21,34,43-48,76H,1-2,6-11,14-17,19-20,22-33,35-39H2,(H,65,77)(H,66,78)(H,67,79)(H,68,89)(H,69,88)(H,80,81)(H,82,83)(H,84,85)(H,86,87)(H,90,91)(H,92,93)(H,94,95)(H,96,97)(H2,70,71,98);/q;+2/p-2/t43-,44+,45+,46-,47-,48-;/m1./s1/i;1+0. The molecule has 1 fully saturated rings. The van der Waals surface area contributed by atoms with E-state index in [0.29, 0.717) is 53.2 Å². The van der Waals surface area contributed by atoms with Crippen LogP contribution in [0.3, 0.4) is 0 Å². The summed E-state index contributed by atoms with van der Waals surface area (Å²) in [5, 5.41) is 109. The zero-order valence-electron chi connectivity index (χ0n) is 54.6. The van der Waals surface area contributed by atoms with Gasteiger partial charge in [-0.05, 0) is 110 Å². The number of nitrogens with zero attached hydrogens (tertiary/aromatic N) is 4. The molecule has 1 aliphatic heterocycles. The van der Waals surface area contributed by atoms with Gasteiger partial charge in [0, 0.05) is 117 Å². The average Bonchev–Trinajstić information content (AvgIpc) is 0.897. The number of nitrogens with one attached hydrogen (secondary N) is 7. The molecule has 6 atom stereocenters. The predicted octanol–water partition coefficient (Wildman–Crippen LogP) is -2.66. The van der Waals surface area contributed by atoms with Crippen molar-refractivity contribution in [3.63, 3.8) is 0 Å². The number of benzene rings is 2. The van der Waals surface area contributed by atoms with Crippen LogP contribution >= 0.6 is 22.6 Å². The fourth-order valence-corrected chi connectivity index (χ4v) is 11.1. The number of unbranched alkanes of at least 4 members (excludes halogenated alkanes) is 5. The maximum Gasteiger partial charge on any atom is 2.00 e. The Morgan fingerprint density at radius 3 is 1.33 bits per heavy atom. The van der Waals surface area contributed by atoms with Gasteiger partial charge in [-0.15, -0.1) is 0 Å². The number of carboxylic acids is 8. The Labute approximate surface area is 595 Å². The third-order valence-corrected chi connectivity index (χ3v) is 16.7. The van der Waals surface area contributed by atoms with E-state index < -0.39 is 147 Å². The molecule has 0 unspecified atom stereocenters. The van der Waals surface area contributed by atoms with Crippen LogP contribution in [0.4, 0.5) is 4.79 Å². The molecule has 0 spiro atoms. The van der Waals surface area contributed by atoms with Gasteiger partial charge in [0.05, 0.1) is 22.1 Å². The molecule has 7 amide bonds. The molecule has 0 aromatic heterocycles. The molecule has 0 saturated carbocycles. The van der Waals surface area contributed by atoms with Gasteiger partial charge in [0.1, 0.15) is 42.0 Å². The van der Waals surface area contributed by atoms with Crippen LogP contribution in [0.15, 0.2) is 48.5 Å². The molecule has 14 N–H and O–H groups in total. The first kappa shape index (κ1) is 86.8. The molecule has 1 aliphatic rings. The zero-order valence-corrected chi connectivity index (χ0v) is 57.7. The number of urea groups is 1. The Morgan fingerprint density at radius 2 is 0.879 bits per heavy atom. The van der Waals surface area contributed by atoms with Crippen LogP contribution in [0.2, 0.25) is 0 Å². The van der Waals surface area contributed by atoms with Gasteiger partial charge < -0.3 is 92.8 Å². The number of aromatic hydroxyl groups is 1. The van der Waals surface area contributed by atoms with Crippen LogP contribution in [0.25, 0.3) is 0 Å². The molecular formula is C63H90CuIN11O23. The molecule has 2 aromatic carbocycles. The Morgan fingerprint density at radius 1 is 0.434 bits per heavy atom. The van der Waals surface area contributed by atoms with E-state index in [-0.39, 0.29) is 158 Å². The van der Waals surface area contributed by atoms with Crippen LogP contribution < -0.4 is 47.4 Å². The molecule has 36 heteroatoms. The van der Waals surface area contributed by atoms with Crippen molar-refractivity contribution < 1.29 is 130 Å². The van der Waals surface area contributed by atoms with E-state index in [1.54, 1.807) is 36.4 Å². The predicted molar refractivity (Wildman–Crippen MR) is 350 cm³/mol. The number of rotatable bonds is 45. The van der Waals surface area contributed by atoms with Crippen molar-refractivity contribution >= 4 is 106 Å². The first-order valence-corrected chi connectivity index (χ1v) is 33.2. The second-order valence-corrected chi connectivity index (χ2v) is 24.8. The van der Waals surface area contributed by atoms with Crippen LogP contribution in [0.5, 0.6) is 5.75 Å². The van der Waals surface area contributed by atoms with Crippen molar-refractivity contribution in [3.8, 4) is 5.75 Å². The van der Waals surface area contributed by atoms with Gasteiger partial charge in [-0.3, -0.25) is 58.0 Å². The topological polar surface area (TPSA) is 524 Å². The fourth-order valence-electron chi connectivity index (χ4n) is 10.5. The van der Waals surface area contributed by atoms with Gasteiger partial charge >= 0.3 is 58.9 Å². The summed E-state index contributed by atoms with van der Waals surface area (Å²) in [5.74, 6) is -14.1. The van der Waals surface area contributed by atoms with Crippen molar-refractivity contribution in [2.45, 2.75) is 152 Å². The number of carbonyl (C=O) groups is 14. The molecule has 99 heavy (non-hydrogen) atoms. The van der Waals surface area contributed by atoms with Crippen molar-refractivity contribution in [3.05, 3.63) is 63.2 Å². The molecule has 2 aromatic rings. The number of aliphatic carboxylic acids is 8. The Hall–Kier alpha value is -8.29. The monoisotopic (exact) mass is 1560 g/mol. The van der Waals surface area contributed by atoms with Crippen LogP contribution in [-0.2, 0) is 92.2 Å². The van der Waals surface area contributed by atoms with Crippen LogP contribution in [0.1, 0.15) is 114 Å². The Bertz CT molecular complexity index is 2980. The van der Waals surface area contributed by atoms with Crippen molar-refractivity contribution in [1.29, 1.82) is 0 Å². The molecule has 1 saturated heterocycles. The average molecular weight is 1560 g/mol. The van der Waals surface area contributed by atoms with E-state index in [9.17, 15) is 108 Å². The molecule has 34 nitrogen and oxygen atoms in total. The first-order valence-electron chi connectivity index (χ1n) is 32.2. The van der Waals surface area contributed by atoms with E-state index in [1.807, 2.05) is 22.6 Å². The Balaban J connectivity index is 0.0000333. The molecular weight excluding hydrogens is 1470 g/mol. The number of halogens is 1. The van der Waals surface area contributed by atoms with E-state index in [2.05, 4.69) is 37.2 Å². The van der Waals surface area contributed by atoms with E-state index in [0.717, 1.165) is 0 Å².